The summed E-state index contributed by atoms with van der Waals surface area (Å²) >= 11 is 0. The van der Waals surface area contributed by atoms with Crippen LogP contribution in [0.3, 0.4) is 0 Å². The zero-order valence-corrected chi connectivity index (χ0v) is 6.96. The van der Waals surface area contributed by atoms with Gasteiger partial charge in [-0.05, 0) is 25.5 Å². The van der Waals surface area contributed by atoms with E-state index in [-0.39, 0.29) is 0 Å². The van der Waals surface area contributed by atoms with Crippen molar-refractivity contribution in [2.75, 3.05) is 7.05 Å². The molecule has 1 aromatic heterocycles. The molecule has 1 atom stereocenters. The van der Waals surface area contributed by atoms with Gasteiger partial charge in [0.2, 0.25) is 0 Å². The van der Waals surface area contributed by atoms with Crippen LogP contribution in [-0.2, 0) is 13.5 Å². The van der Waals surface area contributed by atoms with E-state index >= 15 is 0 Å². The predicted octanol–water partition coefficient (Wildman–Crippen LogP) is 0.627. The summed E-state index contributed by atoms with van der Waals surface area (Å²) in [4.78, 5) is 0. The van der Waals surface area contributed by atoms with Crippen molar-refractivity contribution in [3.8, 4) is 0 Å². The first-order valence-electron chi connectivity index (χ1n) is 4.01. The molecule has 0 aromatic carbocycles. The van der Waals surface area contributed by atoms with Gasteiger partial charge in [0.1, 0.15) is 0 Å². The number of aromatic nitrogens is 2. The quantitative estimate of drug-likeness (QED) is 0.638. The fourth-order valence-electron chi connectivity index (χ4n) is 1.85. The molecule has 60 valence electrons. The molecule has 0 spiro atoms. The van der Waals surface area contributed by atoms with Gasteiger partial charge in [-0.25, -0.2) is 0 Å². The van der Waals surface area contributed by atoms with E-state index in [0.29, 0.717) is 6.04 Å². The molecule has 2 rings (SSSR count). The highest BCUT2D eigenvalue weighted by Crippen LogP contribution is 2.29. The lowest BCUT2D eigenvalue weighted by atomic mass is 10.2. The van der Waals surface area contributed by atoms with Gasteiger partial charge < -0.3 is 5.32 Å². The lowest BCUT2D eigenvalue weighted by molar-refractivity contribution is 0.539. The third-order valence-corrected chi connectivity index (χ3v) is 2.45. The molecule has 3 nitrogen and oxygen atoms in total. The van der Waals surface area contributed by atoms with Gasteiger partial charge in [0.25, 0.3) is 0 Å². The van der Waals surface area contributed by atoms with Crippen molar-refractivity contribution >= 4 is 0 Å². The van der Waals surface area contributed by atoms with Crippen molar-refractivity contribution < 1.29 is 0 Å². The van der Waals surface area contributed by atoms with Crippen LogP contribution in [0.1, 0.15) is 23.7 Å². The van der Waals surface area contributed by atoms with Crippen LogP contribution < -0.4 is 5.32 Å². The average Bonchev–Trinajstić information content (AvgIpc) is 2.54. The maximum absolute atomic E-state index is 4.21. The number of nitrogens with zero attached hydrogens (tertiary/aromatic N) is 2. The molecule has 3 heteroatoms. The zero-order chi connectivity index (χ0) is 7.84. The fraction of sp³-hybridized carbons (Fsp3) is 0.625. The van der Waals surface area contributed by atoms with Gasteiger partial charge in [-0.3, -0.25) is 4.68 Å². The number of aryl methyl sites for hydroxylation is 2. The van der Waals surface area contributed by atoms with Gasteiger partial charge in [0.05, 0.1) is 11.9 Å². The Kier molecular flexibility index (Phi) is 1.46. The lowest BCUT2D eigenvalue weighted by Crippen LogP contribution is -2.16. The Balaban J connectivity index is 2.42. The van der Waals surface area contributed by atoms with Gasteiger partial charge in [0.15, 0.2) is 0 Å². The van der Waals surface area contributed by atoms with Crippen molar-refractivity contribution in [2.24, 2.45) is 7.05 Å². The summed E-state index contributed by atoms with van der Waals surface area (Å²) in [6, 6.07) is 0.525. The molecule has 0 fully saturated rings. The van der Waals surface area contributed by atoms with E-state index in [0.717, 1.165) is 0 Å². The van der Waals surface area contributed by atoms with Crippen LogP contribution in [0.4, 0.5) is 0 Å². The maximum Gasteiger partial charge on any atom is 0.0582 e. The Hall–Kier alpha value is -0.830. The molecule has 1 N–H and O–H groups in total. The molecular formula is C8H13N3. The molecule has 0 saturated heterocycles. The van der Waals surface area contributed by atoms with Crippen molar-refractivity contribution in [3.63, 3.8) is 0 Å². The lowest BCUT2D eigenvalue weighted by Gasteiger charge is -2.09. The molecule has 1 aromatic rings. The third-order valence-electron chi connectivity index (χ3n) is 2.45. The monoisotopic (exact) mass is 151 g/mol. The topological polar surface area (TPSA) is 29.9 Å². The first-order chi connectivity index (χ1) is 5.33. The minimum Gasteiger partial charge on any atom is -0.312 e. The predicted molar refractivity (Wildman–Crippen MR) is 43.3 cm³/mol. The highest BCUT2D eigenvalue weighted by atomic mass is 15.3. The van der Waals surface area contributed by atoms with E-state index in [1.54, 1.807) is 0 Å². The first-order valence-corrected chi connectivity index (χ1v) is 4.01. The van der Waals surface area contributed by atoms with Crippen LogP contribution in [-0.4, -0.2) is 16.8 Å². The largest absolute Gasteiger partial charge is 0.312 e. The molecule has 0 saturated carbocycles. The molecule has 0 radical (unpaired) electrons. The van der Waals surface area contributed by atoms with E-state index in [9.17, 15) is 0 Å². The molecule has 1 aliphatic carbocycles. The third kappa shape index (κ3) is 0.878. The molecule has 1 unspecified atom stereocenters. The van der Waals surface area contributed by atoms with Crippen molar-refractivity contribution in [1.29, 1.82) is 0 Å². The summed E-state index contributed by atoms with van der Waals surface area (Å²) in [6.45, 7) is 0. The molecule has 1 aliphatic rings. The summed E-state index contributed by atoms with van der Waals surface area (Å²) in [7, 11) is 4.02. The van der Waals surface area contributed by atoms with E-state index in [1.165, 1.54) is 24.1 Å². The van der Waals surface area contributed by atoms with Crippen LogP contribution in [0.25, 0.3) is 0 Å². The maximum atomic E-state index is 4.21. The highest BCUT2D eigenvalue weighted by molar-refractivity contribution is 5.26. The second kappa shape index (κ2) is 2.34. The van der Waals surface area contributed by atoms with Crippen LogP contribution >= 0.6 is 0 Å². The Morgan fingerprint density at radius 2 is 2.55 bits per heavy atom. The minimum atomic E-state index is 0.525. The minimum absolute atomic E-state index is 0.525. The Morgan fingerprint density at radius 3 is 3.27 bits per heavy atom. The second-order valence-electron chi connectivity index (χ2n) is 3.06. The van der Waals surface area contributed by atoms with Gasteiger partial charge in [-0.15, -0.1) is 0 Å². The fourth-order valence-corrected chi connectivity index (χ4v) is 1.85. The summed E-state index contributed by atoms with van der Waals surface area (Å²) < 4.78 is 1.98. The van der Waals surface area contributed by atoms with Crippen LogP contribution in [0.15, 0.2) is 6.20 Å². The second-order valence-corrected chi connectivity index (χ2v) is 3.06. The molecular weight excluding hydrogens is 138 g/mol. The summed E-state index contributed by atoms with van der Waals surface area (Å²) in [6.07, 6.45) is 4.37. The van der Waals surface area contributed by atoms with Crippen LogP contribution in [0.2, 0.25) is 0 Å². The molecule has 0 aliphatic heterocycles. The van der Waals surface area contributed by atoms with Gasteiger partial charge in [0, 0.05) is 13.1 Å². The first kappa shape index (κ1) is 6.85. The van der Waals surface area contributed by atoms with E-state index in [4.69, 9.17) is 0 Å². The van der Waals surface area contributed by atoms with Gasteiger partial charge in [-0.1, -0.05) is 0 Å². The summed E-state index contributed by atoms with van der Waals surface area (Å²) in [5.74, 6) is 0. The SMILES string of the molecule is CNC1CCc2cnn(C)c21. The summed E-state index contributed by atoms with van der Waals surface area (Å²) in [5.41, 5.74) is 2.78. The smallest absolute Gasteiger partial charge is 0.0582 e. The van der Waals surface area contributed by atoms with Gasteiger partial charge >= 0.3 is 0 Å². The van der Waals surface area contributed by atoms with E-state index in [1.807, 2.05) is 25.0 Å². The Morgan fingerprint density at radius 1 is 1.73 bits per heavy atom. The van der Waals surface area contributed by atoms with E-state index < -0.39 is 0 Å². The Bertz CT molecular complexity index is 264. The molecule has 0 bridgehead atoms. The Labute approximate surface area is 66.4 Å². The van der Waals surface area contributed by atoms with E-state index in [2.05, 4.69) is 10.4 Å². The number of nitrogens with one attached hydrogen (secondary N) is 1. The number of hydrogen-bond acceptors (Lipinski definition) is 2. The molecule has 11 heavy (non-hydrogen) atoms. The van der Waals surface area contributed by atoms with Crippen LogP contribution in [0.5, 0.6) is 0 Å². The average molecular weight is 151 g/mol. The number of hydrogen-bond donors (Lipinski definition) is 1. The van der Waals surface area contributed by atoms with Crippen molar-refractivity contribution in [2.45, 2.75) is 18.9 Å². The highest BCUT2D eigenvalue weighted by Gasteiger charge is 2.24. The van der Waals surface area contributed by atoms with Crippen molar-refractivity contribution in [3.05, 3.63) is 17.5 Å². The standard InChI is InChI=1S/C8H13N3/c1-9-7-4-3-6-5-10-11(2)8(6)7/h5,7,9H,3-4H2,1-2H3. The zero-order valence-electron chi connectivity index (χ0n) is 6.96. The number of fused-ring (bicyclic) bond motifs is 1. The number of rotatable bonds is 1. The van der Waals surface area contributed by atoms with Crippen molar-refractivity contribution in [1.82, 2.24) is 15.1 Å². The van der Waals surface area contributed by atoms with Crippen LogP contribution in [0, 0.1) is 0 Å². The molecule has 1 heterocycles. The molecule has 0 amide bonds. The summed E-state index contributed by atoms with van der Waals surface area (Å²) in [5, 5.41) is 7.50. The van der Waals surface area contributed by atoms with Gasteiger partial charge in [-0.2, -0.15) is 5.10 Å². The normalized spacial score (nSPS) is 22.2.